The monoisotopic (exact) mass is 195 g/mol. The van der Waals surface area contributed by atoms with Crippen LogP contribution in [0.15, 0.2) is 0 Å². The van der Waals surface area contributed by atoms with Gasteiger partial charge in [0, 0.05) is 0 Å². The molecule has 1 rings (SSSR count). The first-order valence-electron chi connectivity index (χ1n) is 3.78. The Morgan fingerprint density at radius 1 is 1.15 bits per heavy atom. The molecule has 0 aromatic carbocycles. The van der Waals surface area contributed by atoms with Crippen LogP contribution in [0.5, 0.6) is 0 Å². The highest BCUT2D eigenvalue weighted by Gasteiger charge is 2.43. The quantitative estimate of drug-likeness (QED) is 0.292. The summed E-state index contributed by atoms with van der Waals surface area (Å²) in [6.07, 6.45) is -6.48. The van der Waals surface area contributed by atoms with Gasteiger partial charge in [-0.25, -0.2) is 5.90 Å². The number of aliphatic hydroxyl groups excluding tert-OH is 4. The maximum Gasteiger partial charge on any atom is 0.206 e. The van der Waals surface area contributed by atoms with Gasteiger partial charge in [0.15, 0.2) is 0 Å². The Bertz CT molecular complexity index is 147. The lowest BCUT2D eigenvalue weighted by molar-refractivity contribution is -0.302. The number of aliphatic hydroxyl groups is 4. The lowest BCUT2D eigenvalue weighted by atomic mass is 9.99. The molecule has 1 heterocycles. The molecule has 0 bridgehead atoms. The van der Waals surface area contributed by atoms with Gasteiger partial charge in [-0.1, -0.05) is 0 Å². The van der Waals surface area contributed by atoms with Crippen molar-refractivity contribution < 1.29 is 30.0 Å². The smallest absolute Gasteiger partial charge is 0.206 e. The van der Waals surface area contributed by atoms with E-state index in [1.807, 2.05) is 0 Å². The molecule has 0 amide bonds. The van der Waals surface area contributed by atoms with Crippen molar-refractivity contribution >= 4 is 0 Å². The van der Waals surface area contributed by atoms with Crippen LogP contribution in [0.2, 0.25) is 0 Å². The van der Waals surface area contributed by atoms with Crippen molar-refractivity contribution in [1.82, 2.24) is 0 Å². The zero-order valence-electron chi connectivity index (χ0n) is 6.78. The second kappa shape index (κ2) is 4.29. The molecule has 1 fully saturated rings. The van der Waals surface area contributed by atoms with Crippen LogP contribution in [0.1, 0.15) is 0 Å². The van der Waals surface area contributed by atoms with Gasteiger partial charge in [0.05, 0.1) is 6.61 Å². The van der Waals surface area contributed by atoms with Crippen LogP contribution >= 0.6 is 0 Å². The minimum Gasteiger partial charge on any atom is -0.394 e. The van der Waals surface area contributed by atoms with Crippen LogP contribution in [-0.2, 0) is 9.57 Å². The molecule has 1 saturated heterocycles. The number of rotatable bonds is 2. The molecule has 0 aliphatic carbocycles. The average Bonchev–Trinajstić information content (AvgIpc) is 2.15. The summed E-state index contributed by atoms with van der Waals surface area (Å²) in [5.41, 5.74) is 0. The van der Waals surface area contributed by atoms with Crippen LogP contribution in [0.3, 0.4) is 0 Å². The third-order valence-electron chi connectivity index (χ3n) is 1.98. The van der Waals surface area contributed by atoms with Crippen molar-refractivity contribution in [2.45, 2.75) is 30.7 Å². The Hall–Kier alpha value is -0.280. The highest BCUT2D eigenvalue weighted by molar-refractivity contribution is 4.88. The maximum absolute atomic E-state index is 9.23. The lowest BCUT2D eigenvalue weighted by Gasteiger charge is -2.38. The zero-order chi connectivity index (χ0) is 10.0. The molecule has 0 radical (unpaired) electrons. The number of ether oxygens (including phenoxy) is 1. The van der Waals surface area contributed by atoms with Crippen LogP contribution in [-0.4, -0.2) is 57.7 Å². The van der Waals surface area contributed by atoms with Crippen LogP contribution in [0.25, 0.3) is 0 Å². The van der Waals surface area contributed by atoms with E-state index in [0.717, 1.165) is 0 Å². The summed E-state index contributed by atoms with van der Waals surface area (Å²) in [6, 6.07) is 0. The van der Waals surface area contributed by atoms with Crippen molar-refractivity contribution in [3.05, 3.63) is 0 Å². The fourth-order valence-corrected chi connectivity index (χ4v) is 1.18. The van der Waals surface area contributed by atoms with Gasteiger partial charge in [-0.3, -0.25) is 4.84 Å². The molecule has 1 aliphatic rings. The number of hydrogen-bond donors (Lipinski definition) is 5. The summed E-state index contributed by atoms with van der Waals surface area (Å²) in [7, 11) is 0. The Labute approximate surface area is 74.3 Å². The highest BCUT2D eigenvalue weighted by atomic mass is 16.8. The van der Waals surface area contributed by atoms with Gasteiger partial charge in [0.1, 0.15) is 24.4 Å². The minimum absolute atomic E-state index is 0.495. The van der Waals surface area contributed by atoms with Crippen molar-refractivity contribution in [2.24, 2.45) is 5.90 Å². The molecule has 78 valence electrons. The van der Waals surface area contributed by atoms with Gasteiger partial charge in [0.25, 0.3) is 0 Å². The SMILES string of the molecule is NOC1O[C@H](CO)[C@H](O)[C@H](O)[C@H]1O. The van der Waals surface area contributed by atoms with Gasteiger partial charge in [0.2, 0.25) is 6.29 Å². The number of nitrogens with two attached hydrogens (primary N) is 1. The van der Waals surface area contributed by atoms with E-state index in [4.69, 9.17) is 15.7 Å². The van der Waals surface area contributed by atoms with Crippen molar-refractivity contribution in [1.29, 1.82) is 0 Å². The first-order chi connectivity index (χ1) is 6.11. The maximum atomic E-state index is 9.23. The largest absolute Gasteiger partial charge is 0.394 e. The van der Waals surface area contributed by atoms with Gasteiger partial charge >= 0.3 is 0 Å². The fourth-order valence-electron chi connectivity index (χ4n) is 1.18. The number of hydrogen-bond acceptors (Lipinski definition) is 7. The Morgan fingerprint density at radius 3 is 2.23 bits per heavy atom. The molecular formula is C6H13NO6. The van der Waals surface area contributed by atoms with Crippen molar-refractivity contribution in [2.75, 3.05) is 6.61 Å². The second-order valence-electron chi connectivity index (χ2n) is 2.83. The van der Waals surface area contributed by atoms with Crippen LogP contribution < -0.4 is 5.90 Å². The van der Waals surface area contributed by atoms with E-state index < -0.39 is 37.3 Å². The third kappa shape index (κ3) is 1.97. The fraction of sp³-hybridized carbons (Fsp3) is 1.00. The van der Waals surface area contributed by atoms with Gasteiger partial charge in [-0.2, -0.15) is 0 Å². The highest BCUT2D eigenvalue weighted by Crippen LogP contribution is 2.20. The molecule has 1 unspecified atom stereocenters. The molecule has 7 nitrogen and oxygen atoms in total. The Kier molecular flexibility index (Phi) is 3.56. The average molecular weight is 195 g/mol. The standard InChI is InChI=1S/C6H13NO6/c7-13-6-5(11)4(10)3(9)2(1-8)12-6/h2-6,8-11H,1,7H2/t2-,3+,4+,5-,6?/m1/s1. The Morgan fingerprint density at radius 2 is 1.77 bits per heavy atom. The molecule has 5 atom stereocenters. The molecule has 1 aliphatic heterocycles. The van der Waals surface area contributed by atoms with Crippen LogP contribution in [0.4, 0.5) is 0 Å². The summed E-state index contributed by atoms with van der Waals surface area (Å²) in [5, 5.41) is 36.4. The molecule has 0 aromatic heterocycles. The predicted molar refractivity (Wildman–Crippen MR) is 39.0 cm³/mol. The van der Waals surface area contributed by atoms with Gasteiger partial charge in [-0.05, 0) is 0 Å². The van der Waals surface area contributed by atoms with E-state index in [9.17, 15) is 15.3 Å². The molecule has 0 aromatic rings. The summed E-state index contributed by atoms with van der Waals surface area (Å²) in [6.45, 7) is -0.495. The van der Waals surface area contributed by atoms with E-state index >= 15 is 0 Å². The summed E-state index contributed by atoms with van der Waals surface area (Å²) >= 11 is 0. The molecule has 6 N–H and O–H groups in total. The minimum atomic E-state index is -1.44. The van der Waals surface area contributed by atoms with E-state index in [2.05, 4.69) is 4.84 Å². The van der Waals surface area contributed by atoms with Crippen LogP contribution in [0, 0.1) is 0 Å². The summed E-state index contributed by atoms with van der Waals surface area (Å²) < 4.78 is 4.82. The molecule has 7 heteroatoms. The summed E-state index contributed by atoms with van der Waals surface area (Å²) in [4.78, 5) is 4.20. The predicted octanol–water partition coefficient (Wildman–Crippen LogP) is -3.32. The molecule has 13 heavy (non-hydrogen) atoms. The topological polar surface area (TPSA) is 125 Å². The second-order valence-corrected chi connectivity index (χ2v) is 2.83. The zero-order valence-corrected chi connectivity index (χ0v) is 6.78. The van der Waals surface area contributed by atoms with Gasteiger partial charge in [-0.15, -0.1) is 0 Å². The normalized spacial score (nSPS) is 46.4. The summed E-state index contributed by atoms with van der Waals surface area (Å²) in [5.74, 6) is 4.76. The Balaban J connectivity index is 2.66. The first kappa shape index (κ1) is 10.8. The molecule has 0 saturated carbocycles. The van der Waals surface area contributed by atoms with Crippen molar-refractivity contribution in [3.8, 4) is 0 Å². The van der Waals surface area contributed by atoms with Gasteiger partial charge < -0.3 is 25.2 Å². The lowest BCUT2D eigenvalue weighted by Crippen LogP contribution is -2.59. The van der Waals surface area contributed by atoms with E-state index in [1.54, 1.807) is 0 Å². The first-order valence-corrected chi connectivity index (χ1v) is 3.78. The molecular weight excluding hydrogens is 182 g/mol. The van der Waals surface area contributed by atoms with E-state index in [1.165, 1.54) is 0 Å². The van der Waals surface area contributed by atoms with E-state index in [0.29, 0.717) is 0 Å². The third-order valence-corrected chi connectivity index (χ3v) is 1.98. The molecule has 0 spiro atoms. The van der Waals surface area contributed by atoms with E-state index in [-0.39, 0.29) is 0 Å². The van der Waals surface area contributed by atoms with Crippen molar-refractivity contribution in [3.63, 3.8) is 0 Å².